The molecule has 2 aliphatic heterocycles. The van der Waals surface area contributed by atoms with Gasteiger partial charge in [-0.1, -0.05) is 31.2 Å². The highest BCUT2D eigenvalue weighted by atomic mass is 32.2. The van der Waals surface area contributed by atoms with Crippen molar-refractivity contribution in [2.75, 3.05) is 25.4 Å². The van der Waals surface area contributed by atoms with Crippen molar-refractivity contribution in [1.29, 1.82) is 0 Å². The number of benzene rings is 2. The second kappa shape index (κ2) is 10.4. The van der Waals surface area contributed by atoms with Crippen molar-refractivity contribution in [2.45, 2.75) is 51.1 Å². The van der Waals surface area contributed by atoms with E-state index in [4.69, 9.17) is 0 Å². The Balaban J connectivity index is 1.02. The minimum atomic E-state index is -4.28. The van der Waals surface area contributed by atoms with Gasteiger partial charge in [0.1, 0.15) is 0 Å². The molecule has 1 unspecified atom stereocenters. The first-order valence-electron chi connectivity index (χ1n) is 13.8. The second-order valence-electron chi connectivity index (χ2n) is 11.4. The molecule has 2 fully saturated rings. The van der Waals surface area contributed by atoms with E-state index in [0.717, 1.165) is 89.5 Å². The van der Waals surface area contributed by atoms with Gasteiger partial charge in [0, 0.05) is 41.3 Å². The Kier molecular flexibility index (Phi) is 7.04. The molecule has 0 radical (unpaired) electrons. The van der Waals surface area contributed by atoms with Gasteiger partial charge in [0.25, 0.3) is 0 Å². The zero-order valence-corrected chi connectivity index (χ0v) is 23.2. The zero-order chi connectivity index (χ0) is 27.2. The van der Waals surface area contributed by atoms with Gasteiger partial charge in [0.05, 0.1) is 21.8 Å². The Hall–Kier alpha value is -2.71. The third-order valence-electron chi connectivity index (χ3n) is 8.54. The van der Waals surface area contributed by atoms with Gasteiger partial charge in [-0.2, -0.15) is 18.3 Å². The van der Waals surface area contributed by atoms with E-state index in [1.54, 1.807) is 12.1 Å². The number of thioether (sulfide) groups is 1. The Bertz CT molecular complexity index is 1430. The summed E-state index contributed by atoms with van der Waals surface area (Å²) in [4.78, 5) is 7.08. The maximum absolute atomic E-state index is 13.0. The molecule has 3 aliphatic rings. The van der Waals surface area contributed by atoms with E-state index in [0.29, 0.717) is 11.8 Å². The van der Waals surface area contributed by atoms with Gasteiger partial charge in [-0.05, 0) is 86.5 Å². The lowest BCUT2D eigenvalue weighted by atomic mass is 9.94. The van der Waals surface area contributed by atoms with Gasteiger partial charge in [0.15, 0.2) is 0 Å². The summed E-state index contributed by atoms with van der Waals surface area (Å²) in [6.07, 6.45) is -0.206. The number of halogens is 3. The average Bonchev–Trinajstić information content (AvgIpc) is 3.55. The summed E-state index contributed by atoms with van der Waals surface area (Å²) in [5.41, 5.74) is 4.72. The summed E-state index contributed by atoms with van der Waals surface area (Å²) >= 11 is 1.81. The topological polar surface area (TPSA) is 40.9 Å². The lowest BCUT2D eigenvalue weighted by molar-refractivity contribution is -0.137. The molecule has 1 aromatic heterocycles. The van der Waals surface area contributed by atoms with Crippen molar-refractivity contribution < 1.29 is 13.2 Å². The van der Waals surface area contributed by atoms with Gasteiger partial charge >= 0.3 is 6.18 Å². The predicted molar refractivity (Wildman–Crippen MR) is 154 cm³/mol. The third-order valence-corrected chi connectivity index (χ3v) is 9.81. The van der Waals surface area contributed by atoms with Crippen LogP contribution in [0.2, 0.25) is 0 Å². The van der Waals surface area contributed by atoms with Crippen molar-refractivity contribution in [1.82, 2.24) is 9.88 Å². The number of aromatic nitrogens is 1. The molecule has 8 heteroatoms. The summed E-state index contributed by atoms with van der Waals surface area (Å²) in [7, 11) is 0. The molecule has 0 amide bonds. The number of piperidine rings is 1. The number of nitrogens with zero attached hydrogens (tertiary/aromatic N) is 4. The monoisotopic (exact) mass is 550 g/mol. The van der Waals surface area contributed by atoms with Crippen LogP contribution >= 0.6 is 11.8 Å². The smallest absolute Gasteiger partial charge is 0.302 e. The molecule has 204 valence electrons. The first-order chi connectivity index (χ1) is 18.7. The van der Waals surface area contributed by atoms with Gasteiger partial charge in [-0.25, -0.2) is 0 Å². The number of aryl methyl sites for hydroxylation is 1. The first kappa shape index (κ1) is 26.5. The Morgan fingerprint density at radius 3 is 2.67 bits per heavy atom. The minimum Gasteiger partial charge on any atom is -0.302 e. The fourth-order valence-electron chi connectivity index (χ4n) is 6.18. The van der Waals surface area contributed by atoms with E-state index in [2.05, 4.69) is 51.3 Å². The summed E-state index contributed by atoms with van der Waals surface area (Å²) in [5, 5.41) is 11.6. The van der Waals surface area contributed by atoms with Crippen molar-refractivity contribution in [2.24, 2.45) is 22.0 Å². The summed E-state index contributed by atoms with van der Waals surface area (Å²) < 4.78 is 38.9. The summed E-state index contributed by atoms with van der Waals surface area (Å²) in [5.74, 6) is 1.93. The summed E-state index contributed by atoms with van der Waals surface area (Å²) in [6.45, 7) is 7.23. The first-order valence-corrected chi connectivity index (χ1v) is 14.7. The lowest BCUT2D eigenvalue weighted by Gasteiger charge is -2.21. The standard InChI is InChI=1S/C31H33F3N4S/c1-20-4-12-28(23-7-13-27-22(16-23)6-5-21(2)35-27)36-37-29(20)39-15-3-14-38-18-26-17-30(26,19-38)24-8-10-25(11-9-24)31(32,33)34/h5-11,13,16,20,26H,3-4,12,14-15,17-19H2,1-2H3/t20?,26-,30+/m0/s1. The van der Waals surface area contributed by atoms with Gasteiger partial charge < -0.3 is 4.90 Å². The molecule has 39 heavy (non-hydrogen) atoms. The van der Waals surface area contributed by atoms with Gasteiger partial charge in [-0.3, -0.25) is 4.98 Å². The van der Waals surface area contributed by atoms with Crippen LogP contribution in [0.25, 0.3) is 10.9 Å². The summed E-state index contributed by atoms with van der Waals surface area (Å²) in [6, 6.07) is 16.3. The highest BCUT2D eigenvalue weighted by Crippen LogP contribution is 2.59. The fraction of sp³-hybridized carbons (Fsp3) is 0.452. The van der Waals surface area contributed by atoms with Crippen molar-refractivity contribution in [3.8, 4) is 0 Å². The van der Waals surface area contributed by atoms with Crippen LogP contribution in [0.3, 0.4) is 0 Å². The largest absolute Gasteiger partial charge is 0.416 e. The van der Waals surface area contributed by atoms with E-state index < -0.39 is 11.7 Å². The molecule has 3 heterocycles. The highest BCUT2D eigenvalue weighted by molar-refractivity contribution is 8.13. The quantitative estimate of drug-likeness (QED) is 0.299. The van der Waals surface area contributed by atoms with Crippen LogP contribution in [-0.2, 0) is 11.6 Å². The van der Waals surface area contributed by atoms with Crippen molar-refractivity contribution >= 4 is 33.4 Å². The number of fused-ring (bicyclic) bond motifs is 2. The van der Waals surface area contributed by atoms with Crippen molar-refractivity contribution in [3.05, 3.63) is 77.0 Å². The Morgan fingerprint density at radius 1 is 1.05 bits per heavy atom. The molecule has 3 atom stereocenters. The predicted octanol–water partition coefficient (Wildman–Crippen LogP) is 7.49. The molecular weight excluding hydrogens is 517 g/mol. The number of rotatable bonds is 6. The van der Waals surface area contributed by atoms with Crippen LogP contribution < -0.4 is 0 Å². The van der Waals surface area contributed by atoms with Crippen LogP contribution in [0.4, 0.5) is 13.2 Å². The molecule has 1 saturated carbocycles. The number of pyridine rings is 1. The molecule has 6 rings (SSSR count). The molecule has 0 spiro atoms. The van der Waals surface area contributed by atoms with E-state index >= 15 is 0 Å². The normalized spacial score (nSPS) is 25.3. The number of alkyl halides is 3. The molecule has 3 aromatic rings. The van der Waals surface area contributed by atoms with E-state index in [1.165, 1.54) is 12.1 Å². The minimum absolute atomic E-state index is 0.0555. The Labute approximate surface area is 231 Å². The zero-order valence-electron chi connectivity index (χ0n) is 22.3. The molecule has 0 bridgehead atoms. The molecule has 4 nitrogen and oxygen atoms in total. The van der Waals surface area contributed by atoms with Crippen LogP contribution in [0.1, 0.15) is 55.0 Å². The number of hydrogen-bond acceptors (Lipinski definition) is 5. The fourth-order valence-corrected chi connectivity index (χ4v) is 7.16. The van der Waals surface area contributed by atoms with Crippen LogP contribution in [0, 0.1) is 18.8 Å². The van der Waals surface area contributed by atoms with Crippen LogP contribution in [0.5, 0.6) is 0 Å². The van der Waals surface area contributed by atoms with Crippen molar-refractivity contribution in [3.63, 3.8) is 0 Å². The second-order valence-corrected chi connectivity index (χ2v) is 12.5. The average molecular weight is 551 g/mol. The SMILES string of the molecule is Cc1ccc2cc(C3=NN=C(SCCCN4C[C@@H]5C[C@]5(c5ccc(C(F)(F)F)cc5)C4)C(C)CC3)ccc2n1. The molecule has 1 aliphatic carbocycles. The molecule has 0 N–H and O–H groups in total. The van der Waals surface area contributed by atoms with Crippen LogP contribution in [-0.4, -0.2) is 46.0 Å². The van der Waals surface area contributed by atoms with E-state index in [-0.39, 0.29) is 5.41 Å². The third kappa shape index (κ3) is 5.50. The Morgan fingerprint density at radius 2 is 1.87 bits per heavy atom. The molecular formula is C31H33F3N4S. The molecule has 2 aromatic carbocycles. The van der Waals surface area contributed by atoms with Gasteiger partial charge in [0.2, 0.25) is 0 Å². The highest BCUT2D eigenvalue weighted by Gasteiger charge is 2.60. The van der Waals surface area contributed by atoms with E-state index in [9.17, 15) is 13.2 Å². The maximum Gasteiger partial charge on any atom is 0.416 e. The van der Waals surface area contributed by atoms with E-state index in [1.807, 2.05) is 24.8 Å². The van der Waals surface area contributed by atoms with Crippen LogP contribution in [0.15, 0.2) is 64.8 Å². The van der Waals surface area contributed by atoms with Gasteiger partial charge in [-0.15, -0.1) is 16.9 Å². The number of likely N-dealkylation sites (tertiary alicyclic amines) is 1. The lowest BCUT2D eigenvalue weighted by Crippen LogP contribution is -2.28. The maximum atomic E-state index is 13.0. The molecule has 1 saturated heterocycles. The number of hydrogen-bond donors (Lipinski definition) is 0.